The van der Waals surface area contributed by atoms with Crippen molar-refractivity contribution in [1.29, 1.82) is 0 Å². The maximum Gasteiger partial charge on any atom is 0.161 e. The Kier molecular flexibility index (Phi) is 5.12. The van der Waals surface area contributed by atoms with Crippen LogP contribution in [0.4, 0.5) is 0 Å². The Hall–Kier alpha value is -1.09. The zero-order chi connectivity index (χ0) is 11.1. The van der Waals surface area contributed by atoms with Gasteiger partial charge in [-0.3, -0.25) is 0 Å². The lowest BCUT2D eigenvalue weighted by atomic mass is 10.2. The van der Waals surface area contributed by atoms with Gasteiger partial charge in [0, 0.05) is 0 Å². The molecular weight excluding hydrogens is 208 g/mol. The fourth-order valence-corrected chi connectivity index (χ4v) is 1.51. The first-order chi connectivity index (χ1) is 7.31. The molecular formula is C12H16O2S. The number of hydrogen-bond donors (Lipinski definition) is 0. The molecule has 0 aromatic heterocycles. The van der Waals surface area contributed by atoms with E-state index in [2.05, 4.69) is 0 Å². The van der Waals surface area contributed by atoms with Gasteiger partial charge in [0.2, 0.25) is 0 Å². The predicted molar refractivity (Wildman–Crippen MR) is 66.7 cm³/mol. The van der Waals surface area contributed by atoms with Crippen molar-refractivity contribution in [3.05, 3.63) is 29.2 Å². The van der Waals surface area contributed by atoms with Crippen molar-refractivity contribution < 1.29 is 9.47 Å². The van der Waals surface area contributed by atoms with E-state index in [1.165, 1.54) is 0 Å². The van der Waals surface area contributed by atoms with Gasteiger partial charge >= 0.3 is 0 Å². The predicted octanol–water partition coefficient (Wildman–Crippen LogP) is 3.43. The highest BCUT2D eigenvalue weighted by Gasteiger charge is 2.03. The van der Waals surface area contributed by atoms with Gasteiger partial charge in [0.25, 0.3) is 0 Å². The molecule has 1 aromatic carbocycles. The van der Waals surface area contributed by atoms with Crippen molar-refractivity contribution in [2.24, 2.45) is 0 Å². The molecule has 15 heavy (non-hydrogen) atoms. The first-order valence-corrected chi connectivity index (χ1v) is 6.10. The fraction of sp³-hybridized carbons (Fsp3) is 0.333. The Morgan fingerprint density at radius 2 is 2.13 bits per heavy atom. The standard InChI is InChI=1S/C12H16O2S/c1-4-14-12-9-10(7-8-15-3)5-6-11(12)13-2/h5-9H,4H2,1-3H3/b8-7+. The smallest absolute Gasteiger partial charge is 0.161 e. The number of hydrogen-bond acceptors (Lipinski definition) is 3. The van der Waals surface area contributed by atoms with Crippen LogP contribution in [0.3, 0.4) is 0 Å². The lowest BCUT2D eigenvalue weighted by Gasteiger charge is -2.09. The van der Waals surface area contributed by atoms with E-state index in [1.807, 2.05) is 42.9 Å². The highest BCUT2D eigenvalue weighted by atomic mass is 32.2. The Balaban J connectivity index is 2.93. The molecule has 1 rings (SSSR count). The molecule has 0 amide bonds. The van der Waals surface area contributed by atoms with Crippen LogP contribution in [0.1, 0.15) is 12.5 Å². The lowest BCUT2D eigenvalue weighted by molar-refractivity contribution is 0.311. The molecule has 0 bridgehead atoms. The zero-order valence-corrected chi connectivity index (χ0v) is 10.1. The number of rotatable bonds is 5. The summed E-state index contributed by atoms with van der Waals surface area (Å²) in [4.78, 5) is 0. The molecule has 2 nitrogen and oxygen atoms in total. The van der Waals surface area contributed by atoms with Gasteiger partial charge in [-0.2, -0.15) is 0 Å². The SMILES string of the molecule is CCOc1cc(/C=C/SC)ccc1OC. The summed E-state index contributed by atoms with van der Waals surface area (Å²) >= 11 is 1.67. The van der Waals surface area contributed by atoms with Crippen LogP contribution in [0, 0.1) is 0 Å². The van der Waals surface area contributed by atoms with Gasteiger partial charge in [-0.05, 0) is 42.4 Å². The van der Waals surface area contributed by atoms with Crippen molar-refractivity contribution in [3.8, 4) is 11.5 Å². The molecule has 0 spiro atoms. The first kappa shape index (κ1) is 12.0. The van der Waals surface area contributed by atoms with Gasteiger partial charge in [0.15, 0.2) is 11.5 Å². The van der Waals surface area contributed by atoms with E-state index in [0.29, 0.717) is 6.61 Å². The minimum atomic E-state index is 0.645. The van der Waals surface area contributed by atoms with Crippen LogP contribution in [0.5, 0.6) is 11.5 Å². The fourth-order valence-electron chi connectivity index (χ4n) is 1.21. The van der Waals surface area contributed by atoms with Crippen molar-refractivity contribution in [3.63, 3.8) is 0 Å². The highest BCUT2D eigenvalue weighted by Crippen LogP contribution is 2.28. The van der Waals surface area contributed by atoms with E-state index >= 15 is 0 Å². The number of methoxy groups -OCH3 is 1. The average Bonchev–Trinajstić information content (AvgIpc) is 2.27. The van der Waals surface area contributed by atoms with Crippen LogP contribution in [0.2, 0.25) is 0 Å². The van der Waals surface area contributed by atoms with Gasteiger partial charge in [-0.15, -0.1) is 11.8 Å². The van der Waals surface area contributed by atoms with Crippen molar-refractivity contribution in [1.82, 2.24) is 0 Å². The minimum Gasteiger partial charge on any atom is -0.493 e. The Morgan fingerprint density at radius 1 is 1.33 bits per heavy atom. The Bertz CT molecular complexity index is 334. The van der Waals surface area contributed by atoms with Crippen LogP contribution < -0.4 is 9.47 Å². The van der Waals surface area contributed by atoms with Crippen LogP contribution in [0.25, 0.3) is 6.08 Å². The van der Waals surface area contributed by atoms with Crippen molar-refractivity contribution in [2.45, 2.75) is 6.92 Å². The van der Waals surface area contributed by atoms with Crippen LogP contribution >= 0.6 is 11.8 Å². The third-order valence-electron chi connectivity index (χ3n) is 1.88. The number of ether oxygens (including phenoxy) is 2. The molecule has 0 fully saturated rings. The van der Waals surface area contributed by atoms with Crippen LogP contribution in [-0.4, -0.2) is 20.0 Å². The van der Waals surface area contributed by atoms with E-state index < -0.39 is 0 Å². The molecule has 0 unspecified atom stereocenters. The van der Waals surface area contributed by atoms with Gasteiger partial charge in [0.05, 0.1) is 13.7 Å². The van der Waals surface area contributed by atoms with Gasteiger partial charge < -0.3 is 9.47 Å². The molecule has 0 radical (unpaired) electrons. The molecule has 0 saturated carbocycles. The zero-order valence-electron chi connectivity index (χ0n) is 9.32. The van der Waals surface area contributed by atoms with Crippen molar-refractivity contribution in [2.75, 3.05) is 20.0 Å². The maximum atomic E-state index is 5.48. The minimum absolute atomic E-state index is 0.645. The van der Waals surface area contributed by atoms with Crippen LogP contribution in [-0.2, 0) is 0 Å². The van der Waals surface area contributed by atoms with E-state index in [4.69, 9.17) is 9.47 Å². The maximum absolute atomic E-state index is 5.48. The quantitative estimate of drug-likeness (QED) is 0.763. The summed E-state index contributed by atoms with van der Waals surface area (Å²) in [6.45, 7) is 2.61. The third kappa shape index (κ3) is 3.51. The normalized spacial score (nSPS) is 10.6. The van der Waals surface area contributed by atoms with Crippen LogP contribution in [0.15, 0.2) is 23.6 Å². The topological polar surface area (TPSA) is 18.5 Å². The molecule has 0 N–H and O–H groups in total. The van der Waals surface area contributed by atoms with Gasteiger partial charge in [-0.25, -0.2) is 0 Å². The van der Waals surface area contributed by atoms with Crippen molar-refractivity contribution >= 4 is 17.8 Å². The Morgan fingerprint density at radius 3 is 2.73 bits per heavy atom. The monoisotopic (exact) mass is 224 g/mol. The van der Waals surface area contributed by atoms with E-state index in [-0.39, 0.29) is 0 Å². The summed E-state index contributed by atoms with van der Waals surface area (Å²) in [7, 11) is 1.65. The number of benzene rings is 1. The van der Waals surface area contributed by atoms with E-state index in [9.17, 15) is 0 Å². The molecule has 1 aromatic rings. The largest absolute Gasteiger partial charge is 0.493 e. The van der Waals surface area contributed by atoms with Gasteiger partial charge in [0.1, 0.15) is 0 Å². The average molecular weight is 224 g/mol. The summed E-state index contributed by atoms with van der Waals surface area (Å²) in [5, 5.41) is 2.04. The summed E-state index contributed by atoms with van der Waals surface area (Å²) in [5.41, 5.74) is 1.12. The molecule has 3 heteroatoms. The second-order valence-corrected chi connectivity index (χ2v) is 3.63. The van der Waals surface area contributed by atoms with Gasteiger partial charge in [-0.1, -0.05) is 6.07 Å². The second kappa shape index (κ2) is 6.40. The Labute approximate surface area is 95.3 Å². The summed E-state index contributed by atoms with van der Waals surface area (Å²) in [6, 6.07) is 5.91. The lowest BCUT2D eigenvalue weighted by Crippen LogP contribution is -1.95. The van der Waals surface area contributed by atoms with E-state index in [1.54, 1.807) is 18.9 Å². The third-order valence-corrected chi connectivity index (χ3v) is 2.29. The molecule has 0 aliphatic carbocycles. The summed E-state index contributed by atoms with van der Waals surface area (Å²) in [6.07, 6.45) is 4.08. The molecule has 0 heterocycles. The first-order valence-electron chi connectivity index (χ1n) is 4.82. The highest BCUT2D eigenvalue weighted by molar-refractivity contribution is 8.01. The molecule has 0 atom stereocenters. The molecule has 0 saturated heterocycles. The number of thioether (sulfide) groups is 1. The second-order valence-electron chi connectivity index (χ2n) is 2.88. The molecule has 82 valence electrons. The van der Waals surface area contributed by atoms with E-state index in [0.717, 1.165) is 17.1 Å². The molecule has 0 aliphatic rings. The molecule has 0 aliphatic heterocycles. The summed E-state index contributed by atoms with van der Waals surface area (Å²) < 4.78 is 10.7. The summed E-state index contributed by atoms with van der Waals surface area (Å²) in [5.74, 6) is 1.57.